The molecule has 0 spiro atoms. The fourth-order valence-corrected chi connectivity index (χ4v) is 5.43. The monoisotopic (exact) mass is 526 g/mol. The summed E-state index contributed by atoms with van der Waals surface area (Å²) in [4.78, 5) is 52.4. The zero-order valence-corrected chi connectivity index (χ0v) is 21.7. The van der Waals surface area contributed by atoms with Crippen LogP contribution in [0.3, 0.4) is 0 Å². The number of methoxy groups -OCH3 is 2. The number of rotatable bonds is 6. The molecule has 0 bridgehead atoms. The first kappa shape index (κ1) is 24.9. The molecule has 40 heavy (non-hydrogen) atoms. The van der Waals surface area contributed by atoms with Crippen LogP contribution in [-0.2, 0) is 9.47 Å². The van der Waals surface area contributed by atoms with E-state index in [-0.39, 0.29) is 33.8 Å². The molecule has 6 rings (SSSR count). The molecule has 0 aromatic heterocycles. The summed E-state index contributed by atoms with van der Waals surface area (Å²) in [6, 6.07) is 28.0. The smallest absolute Gasteiger partial charge is 0.338 e. The summed E-state index contributed by atoms with van der Waals surface area (Å²) in [5, 5.41) is 4.91. The largest absolute Gasteiger partial charge is 0.465 e. The van der Waals surface area contributed by atoms with E-state index in [2.05, 4.69) is 0 Å². The second-order valence-electron chi connectivity index (χ2n) is 9.38. The Kier molecular flexibility index (Phi) is 6.08. The van der Waals surface area contributed by atoms with E-state index in [4.69, 9.17) is 9.47 Å². The first-order chi connectivity index (χ1) is 19.4. The molecule has 6 nitrogen and oxygen atoms in total. The first-order valence-electron chi connectivity index (χ1n) is 12.6. The summed E-state index contributed by atoms with van der Waals surface area (Å²) in [7, 11) is 2.56. The van der Waals surface area contributed by atoms with Crippen LogP contribution in [0.15, 0.2) is 97.1 Å². The molecule has 0 unspecified atom stereocenters. The fraction of sp³-hybridized carbons (Fsp3) is 0.0588. The Morgan fingerprint density at radius 2 is 0.775 bits per heavy atom. The van der Waals surface area contributed by atoms with Crippen molar-refractivity contribution < 1.29 is 28.7 Å². The predicted octanol–water partition coefficient (Wildman–Crippen LogP) is 6.62. The lowest BCUT2D eigenvalue weighted by Gasteiger charge is -2.16. The van der Waals surface area contributed by atoms with Gasteiger partial charge < -0.3 is 9.47 Å². The van der Waals surface area contributed by atoms with Gasteiger partial charge in [-0.3, -0.25) is 9.59 Å². The highest BCUT2D eigenvalue weighted by Crippen LogP contribution is 2.39. The molecule has 6 aromatic rings. The van der Waals surface area contributed by atoms with Gasteiger partial charge in [-0.25, -0.2) is 9.59 Å². The molecule has 0 aliphatic heterocycles. The SMILES string of the molecule is COC(=O)c1ccccc1C(=O)c1ccc2ccc3ccc(C(=O)c4ccccc4C(=O)OC)c4ccc1c2c34. The maximum absolute atomic E-state index is 13.8. The molecule has 0 saturated heterocycles. The van der Waals surface area contributed by atoms with E-state index in [1.165, 1.54) is 14.2 Å². The lowest BCUT2D eigenvalue weighted by atomic mass is 9.86. The number of esters is 2. The molecule has 0 aliphatic rings. The van der Waals surface area contributed by atoms with Crippen molar-refractivity contribution in [3.63, 3.8) is 0 Å². The molecule has 194 valence electrons. The van der Waals surface area contributed by atoms with E-state index in [1.54, 1.807) is 60.7 Å². The average Bonchev–Trinajstić information content (AvgIpc) is 3.02. The van der Waals surface area contributed by atoms with Crippen LogP contribution in [0.2, 0.25) is 0 Å². The Bertz CT molecular complexity index is 1860. The normalized spacial score (nSPS) is 11.2. The number of carbonyl (C=O) groups is 4. The minimum Gasteiger partial charge on any atom is -0.465 e. The third kappa shape index (κ3) is 3.81. The Morgan fingerprint density at radius 3 is 1.15 bits per heavy atom. The summed E-state index contributed by atoms with van der Waals surface area (Å²) in [6.45, 7) is 0. The van der Waals surface area contributed by atoms with Crippen molar-refractivity contribution >= 4 is 55.8 Å². The Balaban J connectivity index is 1.58. The van der Waals surface area contributed by atoms with Crippen LogP contribution in [-0.4, -0.2) is 37.7 Å². The standard InChI is InChI=1S/C34H22O6/c1-39-33(37)27-9-5-3-7-23(27)31(35)25-15-13-19-11-12-20-14-16-26(22-18-17-21(25)29(19)30(20)22)32(36)24-8-4-6-10-28(24)34(38)40-2/h3-18H,1-2H3. The maximum atomic E-state index is 13.8. The molecule has 0 radical (unpaired) electrons. The minimum absolute atomic E-state index is 0.192. The molecule has 0 aliphatic carbocycles. The third-order valence-electron chi connectivity index (χ3n) is 7.31. The number of ether oxygens (including phenoxy) is 2. The van der Waals surface area contributed by atoms with E-state index < -0.39 is 11.9 Å². The number of benzene rings is 6. The van der Waals surface area contributed by atoms with E-state index in [1.807, 2.05) is 36.4 Å². The van der Waals surface area contributed by atoms with Crippen molar-refractivity contribution in [2.24, 2.45) is 0 Å². The molecule has 6 heteroatoms. The molecule has 0 amide bonds. The van der Waals surface area contributed by atoms with Gasteiger partial charge in [-0.15, -0.1) is 0 Å². The molecule has 0 fully saturated rings. The zero-order valence-electron chi connectivity index (χ0n) is 21.7. The molecule has 6 aromatic carbocycles. The van der Waals surface area contributed by atoms with Crippen LogP contribution in [0, 0.1) is 0 Å². The lowest BCUT2D eigenvalue weighted by molar-refractivity contribution is 0.0590. The second-order valence-corrected chi connectivity index (χ2v) is 9.38. The quantitative estimate of drug-likeness (QED) is 0.138. The highest BCUT2D eigenvalue weighted by molar-refractivity contribution is 6.32. The van der Waals surface area contributed by atoms with Crippen molar-refractivity contribution in [1.29, 1.82) is 0 Å². The summed E-state index contributed by atoms with van der Waals surface area (Å²) in [6.07, 6.45) is 0. The van der Waals surface area contributed by atoms with Crippen LogP contribution >= 0.6 is 0 Å². The summed E-state index contributed by atoms with van der Waals surface area (Å²) < 4.78 is 9.79. The van der Waals surface area contributed by atoms with Crippen LogP contribution in [0.4, 0.5) is 0 Å². The van der Waals surface area contributed by atoms with Crippen LogP contribution in [0.1, 0.15) is 52.6 Å². The van der Waals surface area contributed by atoms with Gasteiger partial charge in [-0.2, -0.15) is 0 Å². The van der Waals surface area contributed by atoms with Gasteiger partial charge in [0.05, 0.1) is 25.3 Å². The van der Waals surface area contributed by atoms with Gasteiger partial charge in [0.15, 0.2) is 11.6 Å². The molecule has 0 saturated carbocycles. The Morgan fingerprint density at radius 1 is 0.425 bits per heavy atom. The molecular weight excluding hydrogens is 504 g/mol. The fourth-order valence-electron chi connectivity index (χ4n) is 5.43. The number of ketones is 2. The summed E-state index contributed by atoms with van der Waals surface area (Å²) in [5.41, 5.74) is 1.76. The van der Waals surface area contributed by atoms with Gasteiger partial charge >= 0.3 is 11.9 Å². The van der Waals surface area contributed by atoms with Gasteiger partial charge in [0, 0.05) is 22.3 Å². The summed E-state index contributed by atoms with van der Waals surface area (Å²) in [5.74, 6) is -1.78. The van der Waals surface area contributed by atoms with E-state index >= 15 is 0 Å². The van der Waals surface area contributed by atoms with Gasteiger partial charge in [0.1, 0.15) is 0 Å². The zero-order chi connectivity index (χ0) is 28.0. The Hall–Kier alpha value is -5.36. The van der Waals surface area contributed by atoms with Crippen molar-refractivity contribution in [2.75, 3.05) is 14.2 Å². The van der Waals surface area contributed by atoms with Crippen molar-refractivity contribution in [1.82, 2.24) is 0 Å². The molecule has 0 N–H and O–H groups in total. The van der Waals surface area contributed by atoms with Gasteiger partial charge in [-0.05, 0) is 56.6 Å². The topological polar surface area (TPSA) is 86.7 Å². The first-order valence-corrected chi connectivity index (χ1v) is 12.6. The van der Waals surface area contributed by atoms with Crippen molar-refractivity contribution in [2.45, 2.75) is 0 Å². The van der Waals surface area contributed by atoms with Crippen LogP contribution in [0.5, 0.6) is 0 Å². The van der Waals surface area contributed by atoms with Crippen molar-refractivity contribution in [3.8, 4) is 0 Å². The number of hydrogen-bond acceptors (Lipinski definition) is 6. The van der Waals surface area contributed by atoms with Crippen LogP contribution in [0.25, 0.3) is 32.3 Å². The second kappa shape index (κ2) is 9.75. The minimum atomic E-state index is -0.586. The van der Waals surface area contributed by atoms with E-state index in [0.29, 0.717) is 21.9 Å². The molecular formula is C34H22O6. The Labute approximate surface area is 229 Å². The highest BCUT2D eigenvalue weighted by Gasteiger charge is 2.24. The van der Waals surface area contributed by atoms with Gasteiger partial charge in [-0.1, -0.05) is 72.8 Å². The highest BCUT2D eigenvalue weighted by atomic mass is 16.5. The van der Waals surface area contributed by atoms with Gasteiger partial charge in [0.25, 0.3) is 0 Å². The molecule has 0 heterocycles. The summed E-state index contributed by atoms with van der Waals surface area (Å²) >= 11 is 0. The molecule has 0 atom stereocenters. The van der Waals surface area contributed by atoms with E-state index in [9.17, 15) is 19.2 Å². The predicted molar refractivity (Wildman–Crippen MR) is 153 cm³/mol. The maximum Gasteiger partial charge on any atom is 0.338 e. The van der Waals surface area contributed by atoms with Crippen LogP contribution < -0.4 is 0 Å². The van der Waals surface area contributed by atoms with Gasteiger partial charge in [0.2, 0.25) is 0 Å². The number of carbonyl (C=O) groups excluding carboxylic acids is 4. The van der Waals surface area contributed by atoms with Crippen molar-refractivity contribution in [3.05, 3.63) is 130 Å². The lowest BCUT2D eigenvalue weighted by Crippen LogP contribution is -2.12. The number of hydrogen-bond donors (Lipinski definition) is 0. The van der Waals surface area contributed by atoms with E-state index in [0.717, 1.165) is 21.5 Å². The average molecular weight is 527 g/mol. The third-order valence-corrected chi connectivity index (χ3v) is 7.31.